The fourth-order valence-electron chi connectivity index (χ4n) is 7.26. The van der Waals surface area contributed by atoms with Gasteiger partial charge in [0.05, 0.1) is 23.6 Å². The molecule has 204 valence electrons. The van der Waals surface area contributed by atoms with Crippen molar-refractivity contribution >= 4 is 6.03 Å². The predicted molar refractivity (Wildman–Crippen MR) is 152 cm³/mol. The largest absolute Gasteiger partial charge is 0.331 e. The first kappa shape index (κ1) is 25.8. The summed E-state index contributed by atoms with van der Waals surface area (Å²) in [7, 11) is 1.97. The van der Waals surface area contributed by atoms with E-state index in [1.807, 2.05) is 28.9 Å². The molecule has 0 spiro atoms. The molecule has 3 atom stereocenters. The van der Waals surface area contributed by atoms with Crippen molar-refractivity contribution in [1.29, 1.82) is 0 Å². The van der Waals surface area contributed by atoms with Crippen LogP contribution in [-0.4, -0.2) is 33.8 Å². The summed E-state index contributed by atoms with van der Waals surface area (Å²) in [5, 5.41) is 8.15. The molecule has 1 unspecified atom stereocenters. The number of halogens is 1. The van der Waals surface area contributed by atoms with Gasteiger partial charge in [-0.25, -0.2) is 13.9 Å². The second kappa shape index (κ2) is 11.0. The SMILES string of the molecule is C[C@@H]1C2=C(CC[C@@H]2CC(NC(=O)N(C)C2CCCCC2)c2ccccc2)Cc2c1cnn2-c1ccc(F)cc1. The third-order valence-corrected chi connectivity index (χ3v) is 9.39. The number of aromatic nitrogens is 2. The van der Waals surface area contributed by atoms with E-state index in [-0.39, 0.29) is 23.8 Å². The van der Waals surface area contributed by atoms with Crippen LogP contribution in [0.4, 0.5) is 9.18 Å². The first-order valence-corrected chi connectivity index (χ1v) is 14.6. The second-order valence-electron chi connectivity index (χ2n) is 11.7. The summed E-state index contributed by atoms with van der Waals surface area (Å²) < 4.78 is 15.5. The Kier molecular flexibility index (Phi) is 7.28. The van der Waals surface area contributed by atoms with Gasteiger partial charge in [0.1, 0.15) is 5.82 Å². The van der Waals surface area contributed by atoms with Gasteiger partial charge in [-0.3, -0.25) is 0 Å². The number of carbonyl (C=O) groups is 1. The number of fused-ring (bicyclic) bond motifs is 1. The molecule has 1 saturated carbocycles. The molecular formula is C33H39FN4O. The molecule has 0 saturated heterocycles. The highest BCUT2D eigenvalue weighted by Gasteiger charge is 2.37. The van der Waals surface area contributed by atoms with Crippen molar-refractivity contribution in [3.8, 4) is 5.69 Å². The van der Waals surface area contributed by atoms with Crippen LogP contribution in [0.2, 0.25) is 0 Å². The van der Waals surface area contributed by atoms with Crippen LogP contribution in [0.1, 0.15) is 87.1 Å². The predicted octanol–water partition coefficient (Wildman–Crippen LogP) is 7.48. The zero-order valence-electron chi connectivity index (χ0n) is 23.1. The number of carbonyl (C=O) groups excluding carboxylic acids is 1. The maximum absolute atomic E-state index is 13.5. The molecule has 0 radical (unpaired) electrons. The fraction of sp³-hybridized carbons (Fsp3) is 0.455. The second-order valence-corrected chi connectivity index (χ2v) is 11.7. The number of hydrogen-bond donors (Lipinski definition) is 1. The number of allylic oxidation sites excluding steroid dienone is 2. The van der Waals surface area contributed by atoms with Crippen molar-refractivity contribution < 1.29 is 9.18 Å². The Morgan fingerprint density at radius 3 is 2.56 bits per heavy atom. The van der Waals surface area contributed by atoms with Crippen molar-refractivity contribution in [3.63, 3.8) is 0 Å². The topological polar surface area (TPSA) is 50.2 Å². The highest BCUT2D eigenvalue weighted by Crippen LogP contribution is 2.49. The van der Waals surface area contributed by atoms with E-state index in [1.54, 1.807) is 12.1 Å². The van der Waals surface area contributed by atoms with Crippen LogP contribution in [0.25, 0.3) is 5.69 Å². The van der Waals surface area contributed by atoms with Gasteiger partial charge in [-0.2, -0.15) is 5.10 Å². The number of amides is 2. The molecule has 1 aromatic heterocycles. The van der Waals surface area contributed by atoms with Crippen molar-refractivity contribution in [3.05, 3.63) is 94.6 Å². The summed E-state index contributed by atoms with van der Waals surface area (Å²) in [5.41, 5.74) is 7.61. The van der Waals surface area contributed by atoms with Crippen LogP contribution in [-0.2, 0) is 6.42 Å². The molecule has 3 aromatic rings. The maximum Gasteiger partial charge on any atom is 0.317 e. The van der Waals surface area contributed by atoms with E-state index < -0.39 is 0 Å². The molecule has 2 aromatic carbocycles. The molecule has 3 aliphatic rings. The fourth-order valence-corrected chi connectivity index (χ4v) is 7.26. The zero-order valence-corrected chi connectivity index (χ0v) is 23.1. The number of nitrogens with one attached hydrogen (secondary N) is 1. The molecular weight excluding hydrogens is 487 g/mol. The molecule has 1 heterocycles. The number of benzene rings is 2. The van der Waals surface area contributed by atoms with Crippen LogP contribution in [0.15, 0.2) is 71.9 Å². The number of urea groups is 1. The Morgan fingerprint density at radius 2 is 1.82 bits per heavy atom. The summed E-state index contributed by atoms with van der Waals surface area (Å²) in [6.07, 6.45) is 11.9. The van der Waals surface area contributed by atoms with Crippen LogP contribution >= 0.6 is 0 Å². The van der Waals surface area contributed by atoms with Crippen LogP contribution in [0, 0.1) is 11.7 Å². The number of nitrogens with zero attached hydrogens (tertiary/aromatic N) is 3. The van der Waals surface area contributed by atoms with Gasteiger partial charge < -0.3 is 10.2 Å². The summed E-state index contributed by atoms with van der Waals surface area (Å²) in [4.78, 5) is 15.4. The van der Waals surface area contributed by atoms with E-state index in [9.17, 15) is 9.18 Å². The minimum Gasteiger partial charge on any atom is -0.331 e. The van der Waals surface area contributed by atoms with E-state index in [0.717, 1.165) is 44.2 Å². The lowest BCUT2D eigenvalue weighted by Gasteiger charge is -2.34. The molecule has 2 amide bonds. The summed E-state index contributed by atoms with van der Waals surface area (Å²) in [6, 6.07) is 17.4. The standard InChI is InChI=1S/C33H39FN4O/c1-22-29-21-35-38(28-17-15-26(34)16-18-28)31(29)20-25-14-13-24(32(22)25)19-30(23-9-5-3-6-10-23)36-33(39)37(2)27-11-7-4-8-12-27/h3,5-6,9-10,15-18,21-22,24,27,30H,4,7-8,11-14,19-20H2,1-2H3,(H,36,39)/t22-,24+,30?/m0/s1. The minimum absolute atomic E-state index is 0.0304. The first-order chi connectivity index (χ1) is 19.0. The van der Waals surface area contributed by atoms with Gasteiger partial charge in [0.2, 0.25) is 0 Å². The Hall–Kier alpha value is -3.41. The van der Waals surface area contributed by atoms with E-state index in [1.165, 1.54) is 59.4 Å². The smallest absolute Gasteiger partial charge is 0.317 e. The van der Waals surface area contributed by atoms with Crippen molar-refractivity contribution in [2.45, 2.75) is 82.7 Å². The summed E-state index contributed by atoms with van der Waals surface area (Å²) >= 11 is 0. The lowest BCUT2D eigenvalue weighted by atomic mass is 9.78. The van der Waals surface area contributed by atoms with Gasteiger partial charge >= 0.3 is 6.03 Å². The van der Waals surface area contributed by atoms with Crippen LogP contribution < -0.4 is 5.32 Å². The Labute approximate surface area is 231 Å². The highest BCUT2D eigenvalue weighted by molar-refractivity contribution is 5.74. The van der Waals surface area contributed by atoms with Gasteiger partial charge in [0, 0.05) is 31.0 Å². The summed E-state index contributed by atoms with van der Waals surface area (Å²) in [6.45, 7) is 2.30. The molecule has 0 aliphatic heterocycles. The van der Waals surface area contributed by atoms with Crippen molar-refractivity contribution in [1.82, 2.24) is 20.0 Å². The Bertz CT molecular complexity index is 1340. The molecule has 1 fully saturated rings. The highest BCUT2D eigenvalue weighted by atomic mass is 19.1. The van der Waals surface area contributed by atoms with E-state index >= 15 is 0 Å². The number of rotatable bonds is 6. The average Bonchev–Trinajstić information content (AvgIpc) is 3.58. The van der Waals surface area contributed by atoms with Gasteiger partial charge in [-0.05, 0) is 67.9 Å². The third kappa shape index (κ3) is 5.13. The Morgan fingerprint density at radius 1 is 1.08 bits per heavy atom. The van der Waals surface area contributed by atoms with Gasteiger partial charge in [-0.15, -0.1) is 0 Å². The average molecular weight is 527 g/mol. The lowest BCUT2D eigenvalue weighted by molar-refractivity contribution is 0.168. The third-order valence-electron chi connectivity index (χ3n) is 9.39. The molecule has 6 rings (SSSR count). The van der Waals surface area contributed by atoms with E-state index in [2.05, 4.69) is 36.5 Å². The van der Waals surface area contributed by atoms with Crippen molar-refractivity contribution in [2.75, 3.05) is 7.05 Å². The molecule has 39 heavy (non-hydrogen) atoms. The first-order valence-electron chi connectivity index (χ1n) is 14.6. The molecule has 6 heteroatoms. The zero-order chi connectivity index (χ0) is 26.9. The van der Waals surface area contributed by atoms with Gasteiger partial charge in [0.15, 0.2) is 0 Å². The van der Waals surface area contributed by atoms with E-state index in [0.29, 0.717) is 12.0 Å². The molecule has 1 N–H and O–H groups in total. The molecule has 3 aliphatic carbocycles. The van der Waals surface area contributed by atoms with Crippen molar-refractivity contribution in [2.24, 2.45) is 5.92 Å². The van der Waals surface area contributed by atoms with E-state index in [4.69, 9.17) is 5.10 Å². The quantitative estimate of drug-likeness (QED) is 0.339. The van der Waals surface area contributed by atoms with Crippen LogP contribution in [0.3, 0.4) is 0 Å². The van der Waals surface area contributed by atoms with Gasteiger partial charge in [-0.1, -0.05) is 67.7 Å². The Balaban J connectivity index is 1.22. The van der Waals surface area contributed by atoms with Gasteiger partial charge in [0.25, 0.3) is 0 Å². The number of hydrogen-bond acceptors (Lipinski definition) is 2. The molecule has 0 bridgehead atoms. The lowest BCUT2D eigenvalue weighted by Crippen LogP contribution is -2.45. The minimum atomic E-state index is -0.234. The molecule has 5 nitrogen and oxygen atoms in total. The summed E-state index contributed by atoms with van der Waals surface area (Å²) in [5.74, 6) is 0.465. The normalized spacial score (nSPS) is 21.8. The monoisotopic (exact) mass is 526 g/mol. The maximum atomic E-state index is 13.5. The van der Waals surface area contributed by atoms with Crippen LogP contribution in [0.5, 0.6) is 0 Å².